The van der Waals surface area contributed by atoms with Gasteiger partial charge >= 0.3 is 5.97 Å². The van der Waals surface area contributed by atoms with Crippen LogP contribution in [0.25, 0.3) is 0 Å². The van der Waals surface area contributed by atoms with E-state index in [1.165, 1.54) is 0 Å². The summed E-state index contributed by atoms with van der Waals surface area (Å²) in [6.45, 7) is 0. The molecule has 0 spiro atoms. The number of rotatable bonds is 3. The van der Waals surface area contributed by atoms with Crippen molar-refractivity contribution >= 4 is 5.97 Å². The van der Waals surface area contributed by atoms with E-state index in [1.54, 1.807) is 16.9 Å². The Kier molecular flexibility index (Phi) is 3.22. The van der Waals surface area contributed by atoms with E-state index in [2.05, 4.69) is 5.10 Å². The monoisotopic (exact) mass is 226 g/mol. The van der Waals surface area contributed by atoms with Crippen LogP contribution in [0.3, 0.4) is 0 Å². The highest BCUT2D eigenvalue weighted by Gasteiger charge is 2.24. The number of carbonyl (C=O) groups is 1. The lowest BCUT2D eigenvalue weighted by Crippen LogP contribution is -2.22. The molecule has 0 unspecified atom stereocenters. The van der Waals surface area contributed by atoms with Gasteiger partial charge in [-0.25, -0.2) is 4.39 Å². The number of alkyl halides is 1. The molecule has 0 amide bonds. The fourth-order valence-corrected chi connectivity index (χ4v) is 2.25. The van der Waals surface area contributed by atoms with Crippen LogP contribution in [0.2, 0.25) is 0 Å². The molecule has 1 aliphatic carbocycles. The van der Waals surface area contributed by atoms with Gasteiger partial charge in [0.1, 0.15) is 6.17 Å². The SMILES string of the molecule is O=C(O)Cc1ccnn1C1CCC(F)CC1. The minimum absolute atomic E-state index is 0.0183. The van der Waals surface area contributed by atoms with Crippen molar-refractivity contribution in [3.05, 3.63) is 18.0 Å². The van der Waals surface area contributed by atoms with E-state index in [0.29, 0.717) is 18.5 Å². The maximum absolute atomic E-state index is 13.0. The predicted octanol–water partition coefficient (Wildman–Crippen LogP) is 1.96. The van der Waals surface area contributed by atoms with E-state index in [0.717, 1.165) is 12.8 Å². The van der Waals surface area contributed by atoms with Gasteiger partial charge in [-0.2, -0.15) is 5.10 Å². The first-order valence-electron chi connectivity index (χ1n) is 5.55. The number of aromatic nitrogens is 2. The highest BCUT2D eigenvalue weighted by Crippen LogP contribution is 2.30. The molecule has 2 rings (SSSR count). The summed E-state index contributed by atoms with van der Waals surface area (Å²) in [6.07, 6.45) is 3.49. The third kappa shape index (κ3) is 2.40. The maximum atomic E-state index is 13.0. The van der Waals surface area contributed by atoms with Crippen LogP contribution in [0.15, 0.2) is 12.3 Å². The predicted molar refractivity (Wildman–Crippen MR) is 56.0 cm³/mol. The van der Waals surface area contributed by atoms with Crippen LogP contribution in [0, 0.1) is 0 Å². The average Bonchev–Trinajstić information content (AvgIpc) is 2.66. The number of aliphatic carboxylic acids is 1. The zero-order valence-corrected chi connectivity index (χ0v) is 8.97. The molecule has 4 nitrogen and oxygen atoms in total. The zero-order valence-electron chi connectivity index (χ0n) is 8.97. The second-order valence-electron chi connectivity index (χ2n) is 4.24. The summed E-state index contributed by atoms with van der Waals surface area (Å²) in [7, 11) is 0. The van der Waals surface area contributed by atoms with Crippen molar-refractivity contribution in [2.75, 3.05) is 0 Å². The van der Waals surface area contributed by atoms with Crippen molar-refractivity contribution in [2.45, 2.75) is 44.3 Å². The summed E-state index contributed by atoms with van der Waals surface area (Å²) in [5, 5.41) is 12.9. The largest absolute Gasteiger partial charge is 0.481 e. The molecule has 1 N–H and O–H groups in total. The zero-order chi connectivity index (χ0) is 11.5. The minimum Gasteiger partial charge on any atom is -0.481 e. The summed E-state index contributed by atoms with van der Waals surface area (Å²) in [4.78, 5) is 10.7. The van der Waals surface area contributed by atoms with Gasteiger partial charge in [0.15, 0.2) is 0 Å². The Morgan fingerprint density at radius 2 is 2.19 bits per heavy atom. The molecule has 1 heterocycles. The van der Waals surface area contributed by atoms with Crippen LogP contribution in [0.1, 0.15) is 37.4 Å². The molecule has 16 heavy (non-hydrogen) atoms. The van der Waals surface area contributed by atoms with Crippen molar-refractivity contribution in [3.8, 4) is 0 Å². The lowest BCUT2D eigenvalue weighted by Gasteiger charge is -2.25. The van der Waals surface area contributed by atoms with Crippen molar-refractivity contribution < 1.29 is 14.3 Å². The molecule has 0 bridgehead atoms. The van der Waals surface area contributed by atoms with Crippen molar-refractivity contribution in [1.29, 1.82) is 0 Å². The summed E-state index contributed by atoms with van der Waals surface area (Å²) in [6, 6.07) is 1.88. The van der Waals surface area contributed by atoms with Crippen molar-refractivity contribution in [1.82, 2.24) is 9.78 Å². The van der Waals surface area contributed by atoms with Gasteiger partial charge in [0, 0.05) is 11.9 Å². The topological polar surface area (TPSA) is 55.1 Å². The lowest BCUT2D eigenvalue weighted by molar-refractivity contribution is -0.136. The van der Waals surface area contributed by atoms with Crippen LogP contribution >= 0.6 is 0 Å². The van der Waals surface area contributed by atoms with E-state index in [4.69, 9.17) is 5.11 Å². The van der Waals surface area contributed by atoms with E-state index >= 15 is 0 Å². The first-order chi connectivity index (χ1) is 7.66. The smallest absolute Gasteiger partial charge is 0.309 e. The van der Waals surface area contributed by atoms with Gasteiger partial charge < -0.3 is 5.11 Å². The maximum Gasteiger partial charge on any atom is 0.309 e. The number of carboxylic acid groups (broad SMARTS) is 1. The number of nitrogens with zero attached hydrogens (tertiary/aromatic N) is 2. The van der Waals surface area contributed by atoms with E-state index in [9.17, 15) is 9.18 Å². The number of carboxylic acids is 1. The number of hydrogen-bond donors (Lipinski definition) is 1. The minimum atomic E-state index is -0.860. The lowest BCUT2D eigenvalue weighted by atomic mass is 9.94. The summed E-state index contributed by atoms with van der Waals surface area (Å²) >= 11 is 0. The fourth-order valence-electron chi connectivity index (χ4n) is 2.25. The van der Waals surface area contributed by atoms with E-state index in [1.807, 2.05) is 0 Å². The van der Waals surface area contributed by atoms with Crippen LogP contribution in [0.4, 0.5) is 4.39 Å². The van der Waals surface area contributed by atoms with Crippen molar-refractivity contribution in [2.24, 2.45) is 0 Å². The van der Waals surface area contributed by atoms with Gasteiger partial charge in [-0.1, -0.05) is 0 Å². The summed E-state index contributed by atoms with van der Waals surface area (Å²) in [5.41, 5.74) is 0.704. The summed E-state index contributed by atoms with van der Waals surface area (Å²) < 4.78 is 14.7. The molecule has 1 saturated carbocycles. The van der Waals surface area contributed by atoms with Gasteiger partial charge in [-0.05, 0) is 31.7 Å². The van der Waals surface area contributed by atoms with Gasteiger partial charge in [-0.15, -0.1) is 0 Å². The Morgan fingerprint density at radius 3 is 2.81 bits per heavy atom. The third-order valence-corrected chi connectivity index (χ3v) is 3.06. The van der Waals surface area contributed by atoms with Gasteiger partial charge in [0.25, 0.3) is 0 Å². The van der Waals surface area contributed by atoms with Crippen LogP contribution < -0.4 is 0 Å². The molecular formula is C11H15FN2O2. The molecule has 1 aliphatic rings. The van der Waals surface area contributed by atoms with E-state index < -0.39 is 12.1 Å². The fraction of sp³-hybridized carbons (Fsp3) is 0.636. The number of hydrogen-bond acceptors (Lipinski definition) is 2. The first kappa shape index (κ1) is 11.1. The van der Waals surface area contributed by atoms with Crippen LogP contribution in [-0.2, 0) is 11.2 Å². The average molecular weight is 226 g/mol. The Hall–Kier alpha value is -1.39. The normalized spacial score (nSPS) is 25.6. The molecule has 88 valence electrons. The summed E-state index contributed by atoms with van der Waals surface area (Å²) in [5.74, 6) is -0.860. The molecule has 0 aromatic carbocycles. The standard InChI is InChI=1S/C11H15FN2O2/c12-8-1-3-9(4-2-8)14-10(5-6-13-14)7-11(15)16/h5-6,8-9H,1-4,7H2,(H,15,16). The molecule has 0 radical (unpaired) electrons. The Labute approximate surface area is 93.1 Å². The molecular weight excluding hydrogens is 211 g/mol. The third-order valence-electron chi connectivity index (χ3n) is 3.06. The van der Waals surface area contributed by atoms with Gasteiger partial charge in [0.2, 0.25) is 0 Å². The Morgan fingerprint density at radius 1 is 1.50 bits per heavy atom. The molecule has 0 aliphatic heterocycles. The van der Waals surface area contributed by atoms with Gasteiger partial charge in [0.05, 0.1) is 12.5 Å². The Bertz CT molecular complexity index is 370. The molecule has 1 aromatic rings. The highest BCUT2D eigenvalue weighted by molar-refractivity contribution is 5.69. The highest BCUT2D eigenvalue weighted by atomic mass is 19.1. The molecule has 5 heteroatoms. The Balaban J connectivity index is 2.08. The van der Waals surface area contributed by atoms with Crippen LogP contribution in [-0.4, -0.2) is 27.0 Å². The van der Waals surface area contributed by atoms with Crippen molar-refractivity contribution in [3.63, 3.8) is 0 Å². The molecule has 0 atom stereocenters. The van der Waals surface area contributed by atoms with Crippen LogP contribution in [0.5, 0.6) is 0 Å². The number of halogens is 1. The molecule has 1 fully saturated rings. The molecule has 0 saturated heterocycles. The van der Waals surface area contributed by atoms with E-state index in [-0.39, 0.29) is 12.5 Å². The first-order valence-corrected chi connectivity index (χ1v) is 5.55. The molecule has 1 aromatic heterocycles. The quantitative estimate of drug-likeness (QED) is 0.857. The second-order valence-corrected chi connectivity index (χ2v) is 4.24. The second kappa shape index (κ2) is 4.63. The van der Waals surface area contributed by atoms with Gasteiger partial charge in [-0.3, -0.25) is 9.48 Å².